The lowest BCUT2D eigenvalue weighted by Crippen LogP contribution is -2.31. The second-order valence-corrected chi connectivity index (χ2v) is 10.6. The SMILES string of the molecule is O=S(=O)(NCCCc1c[nH]c2ccc(Cl)cc12)c1ccc(OCCCN2CCCCC2)nc1. The molecule has 4 rings (SSSR count). The van der Waals surface area contributed by atoms with Crippen molar-refractivity contribution in [3.05, 3.63) is 53.3 Å². The van der Waals surface area contributed by atoms with Crippen molar-refractivity contribution in [3.8, 4) is 5.88 Å². The summed E-state index contributed by atoms with van der Waals surface area (Å²) in [5, 5.41) is 1.76. The molecule has 2 aromatic heterocycles. The number of ether oxygens (including phenoxy) is 1. The Bertz CT molecular complexity index is 1140. The van der Waals surface area contributed by atoms with Gasteiger partial charge in [-0.2, -0.15) is 0 Å². The molecule has 0 bridgehead atoms. The van der Waals surface area contributed by atoms with Crippen molar-refractivity contribution < 1.29 is 13.2 Å². The molecule has 178 valence electrons. The highest BCUT2D eigenvalue weighted by molar-refractivity contribution is 7.89. The lowest BCUT2D eigenvalue weighted by Gasteiger charge is -2.26. The summed E-state index contributed by atoms with van der Waals surface area (Å²) >= 11 is 6.09. The molecule has 1 aliphatic rings. The fourth-order valence-corrected chi connectivity index (χ4v) is 5.38. The Morgan fingerprint density at radius 1 is 1.12 bits per heavy atom. The largest absolute Gasteiger partial charge is 0.478 e. The van der Waals surface area contributed by atoms with Gasteiger partial charge in [-0.1, -0.05) is 18.0 Å². The predicted molar refractivity (Wildman–Crippen MR) is 131 cm³/mol. The number of pyridine rings is 1. The quantitative estimate of drug-likeness (QED) is 0.389. The fourth-order valence-electron chi connectivity index (χ4n) is 4.19. The number of sulfonamides is 1. The van der Waals surface area contributed by atoms with Crippen LogP contribution in [0, 0.1) is 0 Å². The number of benzene rings is 1. The van der Waals surface area contributed by atoms with Gasteiger partial charge in [0.15, 0.2) is 0 Å². The molecule has 0 spiro atoms. The minimum Gasteiger partial charge on any atom is -0.478 e. The number of rotatable bonds is 11. The van der Waals surface area contributed by atoms with Crippen molar-refractivity contribution in [1.29, 1.82) is 0 Å². The first-order valence-electron chi connectivity index (χ1n) is 11.6. The maximum atomic E-state index is 12.6. The number of aromatic amines is 1. The van der Waals surface area contributed by atoms with Crippen LogP contribution < -0.4 is 9.46 Å². The van der Waals surface area contributed by atoms with Crippen LogP contribution in [0.5, 0.6) is 5.88 Å². The van der Waals surface area contributed by atoms with E-state index in [9.17, 15) is 8.42 Å². The zero-order chi connectivity index (χ0) is 23.1. The number of H-pyrrole nitrogens is 1. The summed E-state index contributed by atoms with van der Waals surface area (Å²) < 4.78 is 33.5. The maximum absolute atomic E-state index is 12.6. The second-order valence-electron chi connectivity index (χ2n) is 8.44. The Hall–Kier alpha value is -2.13. The summed E-state index contributed by atoms with van der Waals surface area (Å²) in [4.78, 5) is 10.00. The monoisotopic (exact) mass is 490 g/mol. The number of fused-ring (bicyclic) bond motifs is 1. The van der Waals surface area contributed by atoms with Crippen molar-refractivity contribution in [3.63, 3.8) is 0 Å². The lowest BCUT2D eigenvalue weighted by atomic mass is 10.1. The Balaban J connectivity index is 1.20. The third kappa shape index (κ3) is 6.69. The highest BCUT2D eigenvalue weighted by Crippen LogP contribution is 2.23. The molecule has 1 aromatic carbocycles. The van der Waals surface area contributed by atoms with E-state index >= 15 is 0 Å². The molecule has 1 aliphatic heterocycles. The number of aryl methyl sites for hydroxylation is 1. The number of hydrogen-bond donors (Lipinski definition) is 2. The van der Waals surface area contributed by atoms with Crippen LogP contribution in [0.25, 0.3) is 10.9 Å². The fraction of sp³-hybridized carbons (Fsp3) is 0.458. The number of likely N-dealkylation sites (tertiary alicyclic amines) is 1. The third-order valence-electron chi connectivity index (χ3n) is 5.98. The van der Waals surface area contributed by atoms with E-state index in [2.05, 4.69) is 19.6 Å². The Labute approximate surface area is 200 Å². The van der Waals surface area contributed by atoms with Crippen molar-refractivity contribution in [2.24, 2.45) is 0 Å². The standard InChI is InChI=1S/C24H31ClN4O3S/c25-20-7-9-23-22(16-20)19(17-26-23)6-4-11-28-33(30,31)21-8-10-24(27-18-21)32-15-5-14-29-12-2-1-3-13-29/h7-10,16-18,26,28H,1-6,11-15H2. The molecule has 3 aromatic rings. The molecule has 0 saturated carbocycles. The molecule has 0 radical (unpaired) electrons. The van der Waals surface area contributed by atoms with Crippen LogP contribution in [0.3, 0.4) is 0 Å². The van der Waals surface area contributed by atoms with E-state index in [0.29, 0.717) is 30.5 Å². The molecule has 0 atom stereocenters. The molecule has 1 saturated heterocycles. The molecule has 0 aliphatic carbocycles. The van der Waals surface area contributed by atoms with Crippen LogP contribution in [-0.2, 0) is 16.4 Å². The molecule has 0 unspecified atom stereocenters. The van der Waals surface area contributed by atoms with Gasteiger partial charge < -0.3 is 14.6 Å². The van der Waals surface area contributed by atoms with Gasteiger partial charge in [0.25, 0.3) is 0 Å². The molecule has 2 N–H and O–H groups in total. The lowest BCUT2D eigenvalue weighted by molar-refractivity contribution is 0.203. The van der Waals surface area contributed by atoms with Crippen molar-refractivity contribution in [2.45, 2.75) is 43.4 Å². The average Bonchev–Trinajstić information content (AvgIpc) is 3.22. The summed E-state index contributed by atoms with van der Waals surface area (Å²) in [6.45, 7) is 4.29. The van der Waals surface area contributed by atoms with Gasteiger partial charge in [-0.15, -0.1) is 0 Å². The van der Waals surface area contributed by atoms with E-state index in [1.54, 1.807) is 6.07 Å². The van der Waals surface area contributed by atoms with E-state index in [1.807, 2.05) is 24.4 Å². The van der Waals surface area contributed by atoms with E-state index in [1.165, 1.54) is 44.6 Å². The predicted octanol–water partition coefficient (Wildman–Crippen LogP) is 4.38. The molecule has 9 heteroatoms. The van der Waals surface area contributed by atoms with Crippen LogP contribution in [0.2, 0.25) is 5.02 Å². The van der Waals surface area contributed by atoms with Crippen LogP contribution >= 0.6 is 11.6 Å². The number of nitrogens with zero attached hydrogens (tertiary/aromatic N) is 2. The number of aromatic nitrogens is 2. The maximum Gasteiger partial charge on any atom is 0.242 e. The van der Waals surface area contributed by atoms with Gasteiger partial charge >= 0.3 is 0 Å². The minimum absolute atomic E-state index is 0.141. The zero-order valence-electron chi connectivity index (χ0n) is 18.7. The van der Waals surface area contributed by atoms with Gasteiger partial charge in [0.2, 0.25) is 15.9 Å². The first-order chi connectivity index (χ1) is 16.0. The van der Waals surface area contributed by atoms with Gasteiger partial charge in [-0.25, -0.2) is 18.1 Å². The number of halogens is 1. The number of hydrogen-bond acceptors (Lipinski definition) is 5. The Morgan fingerprint density at radius 2 is 1.97 bits per heavy atom. The molecular formula is C24H31ClN4O3S. The van der Waals surface area contributed by atoms with Crippen LogP contribution in [0.1, 0.15) is 37.7 Å². The summed E-state index contributed by atoms with van der Waals surface area (Å²) in [6, 6.07) is 8.87. The smallest absolute Gasteiger partial charge is 0.242 e. The van der Waals surface area contributed by atoms with E-state index in [-0.39, 0.29) is 4.90 Å². The van der Waals surface area contributed by atoms with Gasteiger partial charge in [0.1, 0.15) is 4.90 Å². The minimum atomic E-state index is -3.61. The summed E-state index contributed by atoms with van der Waals surface area (Å²) in [6.07, 6.45) is 9.55. The second kappa shape index (κ2) is 11.3. The highest BCUT2D eigenvalue weighted by Gasteiger charge is 2.15. The van der Waals surface area contributed by atoms with Gasteiger partial charge in [-0.3, -0.25) is 0 Å². The van der Waals surface area contributed by atoms with Crippen molar-refractivity contribution in [1.82, 2.24) is 19.6 Å². The molecule has 3 heterocycles. The summed E-state index contributed by atoms with van der Waals surface area (Å²) in [5.74, 6) is 0.450. The van der Waals surface area contributed by atoms with Gasteiger partial charge in [-0.05, 0) is 75.0 Å². The Kier molecular flexibility index (Phi) is 8.25. The third-order valence-corrected chi connectivity index (χ3v) is 7.66. The van der Waals surface area contributed by atoms with E-state index in [0.717, 1.165) is 35.9 Å². The normalized spacial score (nSPS) is 15.2. The number of nitrogens with one attached hydrogen (secondary N) is 2. The van der Waals surface area contributed by atoms with Crippen molar-refractivity contribution >= 4 is 32.5 Å². The average molecular weight is 491 g/mol. The topological polar surface area (TPSA) is 87.3 Å². The van der Waals surface area contributed by atoms with Crippen molar-refractivity contribution in [2.75, 3.05) is 32.8 Å². The highest BCUT2D eigenvalue weighted by atomic mass is 35.5. The van der Waals surface area contributed by atoms with Crippen LogP contribution in [-0.4, -0.2) is 56.1 Å². The Morgan fingerprint density at radius 3 is 2.76 bits per heavy atom. The van der Waals surface area contributed by atoms with Gasteiger partial charge in [0, 0.05) is 41.3 Å². The zero-order valence-corrected chi connectivity index (χ0v) is 20.3. The molecule has 7 nitrogen and oxygen atoms in total. The van der Waals surface area contributed by atoms with Crippen LogP contribution in [0.15, 0.2) is 47.6 Å². The molecule has 1 fully saturated rings. The van der Waals surface area contributed by atoms with Crippen LogP contribution in [0.4, 0.5) is 0 Å². The van der Waals surface area contributed by atoms with E-state index < -0.39 is 10.0 Å². The summed E-state index contributed by atoms with van der Waals surface area (Å²) in [5.41, 5.74) is 2.14. The number of piperidine rings is 1. The molecule has 33 heavy (non-hydrogen) atoms. The van der Waals surface area contributed by atoms with Gasteiger partial charge in [0.05, 0.1) is 12.8 Å². The summed E-state index contributed by atoms with van der Waals surface area (Å²) in [7, 11) is -3.61. The van der Waals surface area contributed by atoms with E-state index in [4.69, 9.17) is 16.3 Å². The first kappa shape index (κ1) is 24.0. The first-order valence-corrected chi connectivity index (χ1v) is 13.4. The molecule has 0 amide bonds. The molecular weight excluding hydrogens is 460 g/mol.